The monoisotopic (exact) mass is 427 g/mol. The maximum atomic E-state index is 12.7. The first-order chi connectivity index (χ1) is 13.2. The molecule has 10 heteroatoms. The lowest BCUT2D eigenvalue weighted by Gasteiger charge is -2.29. The molecule has 2 amide bonds. The number of amides is 2. The highest BCUT2D eigenvalue weighted by molar-refractivity contribution is 8.01. The standard InChI is InChI=1S/C18H25N3O5S2/c1-12(10-26-3)20-28(24,25)14-6-4-13(5-7-14)19-17(23)15-11-27-18(2)9-8-16(22)21(15)18/h4-7,12,15,20H,8-11H2,1-3H3,(H,19,23). The van der Waals surface area contributed by atoms with Gasteiger partial charge in [-0.15, -0.1) is 11.8 Å². The van der Waals surface area contributed by atoms with Crippen molar-refractivity contribution in [1.29, 1.82) is 0 Å². The maximum Gasteiger partial charge on any atom is 0.248 e. The summed E-state index contributed by atoms with van der Waals surface area (Å²) in [5.41, 5.74) is 0.485. The Kier molecular flexibility index (Phi) is 6.04. The van der Waals surface area contributed by atoms with Gasteiger partial charge in [0.2, 0.25) is 21.8 Å². The van der Waals surface area contributed by atoms with Gasteiger partial charge in [-0.3, -0.25) is 9.59 Å². The largest absolute Gasteiger partial charge is 0.383 e. The first-order valence-corrected chi connectivity index (χ1v) is 11.5. The molecule has 2 saturated heterocycles. The lowest BCUT2D eigenvalue weighted by Crippen LogP contribution is -2.48. The van der Waals surface area contributed by atoms with E-state index in [4.69, 9.17) is 4.74 Å². The van der Waals surface area contributed by atoms with Crippen LogP contribution >= 0.6 is 11.8 Å². The van der Waals surface area contributed by atoms with Gasteiger partial charge in [0.25, 0.3) is 0 Å². The minimum Gasteiger partial charge on any atom is -0.383 e. The second-order valence-corrected chi connectivity index (χ2v) is 10.5. The van der Waals surface area contributed by atoms with E-state index >= 15 is 0 Å². The number of hydrogen-bond donors (Lipinski definition) is 2. The molecule has 2 aliphatic heterocycles. The molecule has 3 unspecified atom stereocenters. The molecule has 2 fully saturated rings. The molecule has 2 N–H and O–H groups in total. The van der Waals surface area contributed by atoms with Crippen LogP contribution < -0.4 is 10.0 Å². The summed E-state index contributed by atoms with van der Waals surface area (Å²) < 4.78 is 32.2. The van der Waals surface area contributed by atoms with Crippen molar-refractivity contribution in [2.75, 3.05) is 24.8 Å². The van der Waals surface area contributed by atoms with Crippen molar-refractivity contribution in [3.63, 3.8) is 0 Å². The number of sulfonamides is 1. The van der Waals surface area contributed by atoms with Crippen molar-refractivity contribution < 1.29 is 22.7 Å². The van der Waals surface area contributed by atoms with E-state index in [0.717, 1.165) is 6.42 Å². The number of carbonyl (C=O) groups is 2. The number of thioether (sulfide) groups is 1. The second-order valence-electron chi connectivity index (χ2n) is 7.26. The fourth-order valence-electron chi connectivity index (χ4n) is 3.57. The van der Waals surface area contributed by atoms with E-state index in [0.29, 0.717) is 17.9 Å². The third-order valence-electron chi connectivity index (χ3n) is 4.95. The molecule has 0 radical (unpaired) electrons. The number of anilines is 1. The van der Waals surface area contributed by atoms with Crippen LogP contribution in [-0.2, 0) is 24.3 Å². The number of rotatable bonds is 7. The number of ether oxygens (including phenoxy) is 1. The van der Waals surface area contributed by atoms with Crippen LogP contribution in [-0.4, -0.2) is 61.6 Å². The molecule has 0 aliphatic carbocycles. The van der Waals surface area contributed by atoms with Gasteiger partial charge >= 0.3 is 0 Å². The molecule has 2 aliphatic rings. The number of methoxy groups -OCH3 is 1. The van der Waals surface area contributed by atoms with Gasteiger partial charge < -0.3 is 15.0 Å². The number of nitrogens with one attached hydrogen (secondary N) is 2. The SMILES string of the molecule is COCC(C)NS(=O)(=O)c1ccc(NC(=O)C2CSC3(C)CCC(=O)N23)cc1. The number of hydrogen-bond acceptors (Lipinski definition) is 6. The van der Waals surface area contributed by atoms with Gasteiger partial charge in [0, 0.05) is 31.0 Å². The Morgan fingerprint density at radius 3 is 2.71 bits per heavy atom. The summed E-state index contributed by atoms with van der Waals surface area (Å²) in [5, 5.41) is 2.79. The molecule has 3 atom stereocenters. The topological polar surface area (TPSA) is 105 Å². The Balaban J connectivity index is 1.66. The summed E-state index contributed by atoms with van der Waals surface area (Å²) in [4.78, 5) is 26.3. The van der Waals surface area contributed by atoms with Gasteiger partial charge in [0.15, 0.2) is 0 Å². The molecule has 0 saturated carbocycles. The smallest absolute Gasteiger partial charge is 0.248 e. The van der Waals surface area contributed by atoms with Gasteiger partial charge in [-0.05, 0) is 44.5 Å². The summed E-state index contributed by atoms with van der Waals surface area (Å²) in [7, 11) is -2.17. The highest BCUT2D eigenvalue weighted by atomic mass is 32.2. The van der Waals surface area contributed by atoms with Crippen molar-refractivity contribution in [3.05, 3.63) is 24.3 Å². The lowest BCUT2D eigenvalue weighted by atomic mass is 10.2. The predicted octanol–water partition coefficient (Wildman–Crippen LogP) is 1.39. The van der Waals surface area contributed by atoms with Crippen molar-refractivity contribution in [1.82, 2.24) is 9.62 Å². The summed E-state index contributed by atoms with van der Waals surface area (Å²) in [6.07, 6.45) is 1.22. The number of benzene rings is 1. The number of nitrogens with zero attached hydrogens (tertiary/aromatic N) is 1. The van der Waals surface area contributed by atoms with E-state index in [-0.39, 0.29) is 34.2 Å². The number of fused-ring (bicyclic) bond motifs is 1. The maximum absolute atomic E-state index is 12.7. The Labute approximate surface area is 169 Å². The predicted molar refractivity (Wildman–Crippen MR) is 107 cm³/mol. The van der Waals surface area contributed by atoms with Gasteiger partial charge in [-0.1, -0.05) is 0 Å². The van der Waals surface area contributed by atoms with Gasteiger partial charge in [0.05, 0.1) is 16.4 Å². The Bertz CT molecular complexity index is 858. The van der Waals surface area contributed by atoms with Crippen LogP contribution in [0.15, 0.2) is 29.2 Å². The van der Waals surface area contributed by atoms with Crippen LogP contribution in [0.4, 0.5) is 5.69 Å². The average Bonchev–Trinajstić information content (AvgIpc) is 3.11. The molecule has 0 aromatic heterocycles. The molecular formula is C18H25N3O5S2. The highest BCUT2D eigenvalue weighted by Gasteiger charge is 2.52. The van der Waals surface area contributed by atoms with E-state index in [2.05, 4.69) is 10.0 Å². The molecule has 8 nitrogen and oxygen atoms in total. The molecule has 0 bridgehead atoms. The molecule has 0 spiro atoms. The van der Waals surface area contributed by atoms with Crippen LogP contribution in [0.25, 0.3) is 0 Å². The van der Waals surface area contributed by atoms with E-state index in [1.54, 1.807) is 35.7 Å². The van der Waals surface area contributed by atoms with Crippen molar-refractivity contribution in [2.45, 2.75) is 48.5 Å². The molecular weight excluding hydrogens is 402 g/mol. The zero-order chi connectivity index (χ0) is 20.5. The van der Waals surface area contributed by atoms with E-state index in [1.807, 2.05) is 6.92 Å². The Morgan fingerprint density at radius 2 is 2.07 bits per heavy atom. The third-order valence-corrected chi connectivity index (χ3v) is 8.06. The van der Waals surface area contributed by atoms with Crippen LogP contribution in [0.1, 0.15) is 26.7 Å². The highest BCUT2D eigenvalue weighted by Crippen LogP contribution is 2.47. The van der Waals surface area contributed by atoms with E-state index in [9.17, 15) is 18.0 Å². The summed E-state index contributed by atoms with van der Waals surface area (Å²) in [5.74, 6) is 0.307. The molecule has 154 valence electrons. The third kappa shape index (κ3) is 4.19. The number of carbonyl (C=O) groups excluding carboxylic acids is 2. The molecule has 3 rings (SSSR count). The molecule has 1 aromatic rings. The molecule has 28 heavy (non-hydrogen) atoms. The van der Waals surface area contributed by atoms with E-state index in [1.165, 1.54) is 19.2 Å². The first kappa shape index (κ1) is 21.1. The van der Waals surface area contributed by atoms with Crippen molar-refractivity contribution in [3.8, 4) is 0 Å². The summed E-state index contributed by atoms with van der Waals surface area (Å²) in [6.45, 7) is 3.97. The quantitative estimate of drug-likeness (QED) is 0.681. The second kappa shape index (κ2) is 8.02. The van der Waals surface area contributed by atoms with Crippen LogP contribution in [0.5, 0.6) is 0 Å². The van der Waals surface area contributed by atoms with E-state index < -0.39 is 16.1 Å². The van der Waals surface area contributed by atoms with Crippen molar-refractivity contribution >= 4 is 39.3 Å². The van der Waals surface area contributed by atoms with Crippen molar-refractivity contribution in [2.24, 2.45) is 0 Å². The Morgan fingerprint density at radius 1 is 1.39 bits per heavy atom. The normalized spacial score (nSPS) is 25.6. The Hall–Kier alpha value is -1.62. The van der Waals surface area contributed by atoms with Gasteiger partial charge in [0.1, 0.15) is 6.04 Å². The van der Waals surface area contributed by atoms with Gasteiger partial charge in [-0.25, -0.2) is 13.1 Å². The summed E-state index contributed by atoms with van der Waals surface area (Å²) >= 11 is 1.63. The summed E-state index contributed by atoms with van der Waals surface area (Å²) in [6, 6.07) is 5.09. The molecule has 1 aromatic carbocycles. The first-order valence-electron chi connectivity index (χ1n) is 9.04. The fraction of sp³-hybridized carbons (Fsp3) is 0.556. The zero-order valence-corrected chi connectivity index (χ0v) is 17.7. The van der Waals surface area contributed by atoms with Crippen LogP contribution in [0.3, 0.4) is 0 Å². The molecule has 2 heterocycles. The fourth-order valence-corrected chi connectivity index (χ4v) is 6.23. The average molecular weight is 428 g/mol. The van der Waals surface area contributed by atoms with Crippen LogP contribution in [0.2, 0.25) is 0 Å². The minimum atomic E-state index is -3.67. The lowest BCUT2D eigenvalue weighted by molar-refractivity contribution is -0.135. The minimum absolute atomic E-state index is 0.00495. The van der Waals surface area contributed by atoms with Gasteiger partial charge in [-0.2, -0.15) is 0 Å². The zero-order valence-electron chi connectivity index (χ0n) is 16.1. The van der Waals surface area contributed by atoms with Crippen LogP contribution in [0, 0.1) is 0 Å².